The standard InChI is InChI=1S/C21H16F2O4/c1-25-16-5-2-14(3-6-16)20(24)10-9-17-7-8-18(27-17)13-26-21-11-4-15(22)12-19(21)23/h2-12H,13H2,1H3/b10-9+. The largest absolute Gasteiger partial charge is 0.497 e. The number of hydrogen-bond acceptors (Lipinski definition) is 4. The first-order chi connectivity index (χ1) is 13.0. The monoisotopic (exact) mass is 370 g/mol. The topological polar surface area (TPSA) is 48.7 Å². The van der Waals surface area contributed by atoms with Crippen LogP contribution in [0.2, 0.25) is 0 Å². The summed E-state index contributed by atoms with van der Waals surface area (Å²) >= 11 is 0. The Morgan fingerprint density at radius 1 is 1.07 bits per heavy atom. The lowest BCUT2D eigenvalue weighted by atomic mass is 10.1. The predicted molar refractivity (Wildman–Crippen MR) is 95.8 cm³/mol. The van der Waals surface area contributed by atoms with Crippen LogP contribution >= 0.6 is 0 Å². The first-order valence-electron chi connectivity index (χ1n) is 8.08. The molecular formula is C21H16F2O4. The third-order valence-corrected chi connectivity index (χ3v) is 3.72. The van der Waals surface area contributed by atoms with Gasteiger partial charge < -0.3 is 13.9 Å². The van der Waals surface area contributed by atoms with Gasteiger partial charge in [0.2, 0.25) is 0 Å². The minimum Gasteiger partial charge on any atom is -0.497 e. The third kappa shape index (κ3) is 4.82. The highest BCUT2D eigenvalue weighted by atomic mass is 19.1. The fourth-order valence-corrected chi connectivity index (χ4v) is 2.31. The molecule has 0 saturated carbocycles. The molecule has 0 aliphatic heterocycles. The number of carbonyl (C=O) groups excluding carboxylic acids is 1. The summed E-state index contributed by atoms with van der Waals surface area (Å²) in [6.07, 6.45) is 2.93. The van der Waals surface area contributed by atoms with Crippen molar-refractivity contribution in [1.82, 2.24) is 0 Å². The van der Waals surface area contributed by atoms with Crippen LogP contribution in [-0.2, 0) is 6.61 Å². The Hall–Kier alpha value is -3.41. The summed E-state index contributed by atoms with van der Waals surface area (Å²) in [4.78, 5) is 12.1. The van der Waals surface area contributed by atoms with Crippen molar-refractivity contribution in [2.24, 2.45) is 0 Å². The van der Waals surface area contributed by atoms with Crippen LogP contribution in [0.15, 0.2) is 65.1 Å². The summed E-state index contributed by atoms with van der Waals surface area (Å²) in [6, 6.07) is 13.1. The molecule has 2 aromatic carbocycles. The van der Waals surface area contributed by atoms with E-state index in [1.807, 2.05) is 0 Å². The van der Waals surface area contributed by atoms with Crippen LogP contribution in [0, 0.1) is 11.6 Å². The molecule has 0 unspecified atom stereocenters. The fourth-order valence-electron chi connectivity index (χ4n) is 2.31. The smallest absolute Gasteiger partial charge is 0.185 e. The lowest BCUT2D eigenvalue weighted by molar-refractivity contribution is 0.104. The van der Waals surface area contributed by atoms with E-state index >= 15 is 0 Å². The highest BCUT2D eigenvalue weighted by molar-refractivity contribution is 6.06. The van der Waals surface area contributed by atoms with E-state index in [0.717, 1.165) is 12.1 Å². The predicted octanol–water partition coefficient (Wildman–Crippen LogP) is 5.04. The van der Waals surface area contributed by atoms with Crippen molar-refractivity contribution in [1.29, 1.82) is 0 Å². The van der Waals surface area contributed by atoms with Gasteiger partial charge >= 0.3 is 0 Å². The van der Waals surface area contributed by atoms with Gasteiger partial charge in [0, 0.05) is 11.6 Å². The van der Waals surface area contributed by atoms with Gasteiger partial charge in [-0.15, -0.1) is 0 Å². The Balaban J connectivity index is 1.59. The average Bonchev–Trinajstić information content (AvgIpc) is 3.13. The van der Waals surface area contributed by atoms with Gasteiger partial charge in [0.15, 0.2) is 17.3 Å². The van der Waals surface area contributed by atoms with Crippen LogP contribution in [0.25, 0.3) is 6.08 Å². The molecule has 0 amide bonds. The van der Waals surface area contributed by atoms with Crippen LogP contribution in [0.4, 0.5) is 8.78 Å². The zero-order valence-corrected chi connectivity index (χ0v) is 14.4. The summed E-state index contributed by atoms with van der Waals surface area (Å²) < 4.78 is 42.2. The Morgan fingerprint density at radius 2 is 1.85 bits per heavy atom. The second-order valence-electron chi connectivity index (χ2n) is 5.59. The number of ether oxygens (including phenoxy) is 2. The molecule has 0 atom stereocenters. The Kier molecular flexibility index (Phi) is 5.66. The molecule has 0 aliphatic carbocycles. The Bertz CT molecular complexity index is 959. The van der Waals surface area contributed by atoms with E-state index in [9.17, 15) is 13.6 Å². The summed E-state index contributed by atoms with van der Waals surface area (Å²) in [7, 11) is 1.55. The van der Waals surface area contributed by atoms with Gasteiger partial charge in [0.05, 0.1) is 7.11 Å². The van der Waals surface area contributed by atoms with Crippen molar-refractivity contribution in [3.63, 3.8) is 0 Å². The van der Waals surface area contributed by atoms with Gasteiger partial charge in [0.1, 0.15) is 29.7 Å². The van der Waals surface area contributed by atoms with E-state index in [2.05, 4.69) is 0 Å². The van der Waals surface area contributed by atoms with Gasteiger partial charge in [-0.1, -0.05) is 0 Å². The normalized spacial score (nSPS) is 10.9. The van der Waals surface area contributed by atoms with Crippen LogP contribution in [0.3, 0.4) is 0 Å². The molecule has 0 fully saturated rings. The van der Waals surface area contributed by atoms with Crippen LogP contribution < -0.4 is 9.47 Å². The highest BCUT2D eigenvalue weighted by Gasteiger charge is 2.07. The summed E-state index contributed by atoms with van der Waals surface area (Å²) in [5.74, 6) is -0.146. The molecule has 27 heavy (non-hydrogen) atoms. The third-order valence-electron chi connectivity index (χ3n) is 3.72. The van der Waals surface area contributed by atoms with Crippen molar-refractivity contribution in [3.05, 3.63) is 89.4 Å². The zero-order valence-electron chi connectivity index (χ0n) is 14.4. The summed E-state index contributed by atoms with van der Waals surface area (Å²) in [6.45, 7) is -0.0250. The molecule has 0 saturated heterocycles. The first kappa shape index (κ1) is 18.4. The highest BCUT2D eigenvalue weighted by Crippen LogP contribution is 2.20. The first-order valence-corrected chi connectivity index (χ1v) is 8.08. The van der Waals surface area contributed by atoms with Crippen molar-refractivity contribution >= 4 is 11.9 Å². The molecule has 138 valence electrons. The van der Waals surface area contributed by atoms with E-state index in [4.69, 9.17) is 13.9 Å². The van der Waals surface area contributed by atoms with Gasteiger partial charge in [0.25, 0.3) is 0 Å². The van der Waals surface area contributed by atoms with E-state index < -0.39 is 11.6 Å². The van der Waals surface area contributed by atoms with Crippen molar-refractivity contribution in [2.75, 3.05) is 7.11 Å². The molecule has 0 radical (unpaired) electrons. The van der Waals surface area contributed by atoms with Crippen LogP contribution in [-0.4, -0.2) is 12.9 Å². The number of rotatable bonds is 7. The van der Waals surface area contributed by atoms with Gasteiger partial charge in [-0.25, -0.2) is 8.78 Å². The van der Waals surface area contributed by atoms with E-state index in [0.29, 0.717) is 22.8 Å². The molecule has 0 N–H and O–H groups in total. The van der Waals surface area contributed by atoms with E-state index in [1.165, 1.54) is 18.2 Å². The SMILES string of the molecule is COc1ccc(C(=O)/C=C/c2ccc(COc3ccc(F)cc3F)o2)cc1. The fraction of sp³-hybridized carbons (Fsp3) is 0.0952. The number of allylic oxidation sites excluding steroid dienone is 1. The maximum atomic E-state index is 13.5. The maximum absolute atomic E-state index is 13.5. The average molecular weight is 370 g/mol. The lowest BCUT2D eigenvalue weighted by Gasteiger charge is -2.05. The Labute approximate surface area is 154 Å². The molecule has 6 heteroatoms. The quantitative estimate of drug-likeness (QED) is 0.432. The molecule has 4 nitrogen and oxygen atoms in total. The number of benzene rings is 2. The van der Waals surface area contributed by atoms with Crippen LogP contribution in [0.1, 0.15) is 21.9 Å². The number of methoxy groups -OCH3 is 1. The van der Waals surface area contributed by atoms with Gasteiger partial charge in [-0.3, -0.25) is 4.79 Å². The maximum Gasteiger partial charge on any atom is 0.185 e. The number of hydrogen-bond donors (Lipinski definition) is 0. The number of furan rings is 1. The molecule has 0 spiro atoms. The molecule has 0 bridgehead atoms. The Morgan fingerprint density at radius 3 is 2.56 bits per heavy atom. The number of ketones is 1. The molecule has 1 heterocycles. The van der Waals surface area contributed by atoms with E-state index in [1.54, 1.807) is 43.5 Å². The van der Waals surface area contributed by atoms with Crippen molar-refractivity contribution in [3.8, 4) is 11.5 Å². The van der Waals surface area contributed by atoms with Crippen molar-refractivity contribution < 1.29 is 27.5 Å². The summed E-state index contributed by atoms with van der Waals surface area (Å²) in [5, 5.41) is 0. The molecule has 0 aliphatic rings. The number of halogens is 2. The summed E-state index contributed by atoms with van der Waals surface area (Å²) in [5.41, 5.74) is 0.522. The molecule has 3 rings (SSSR count). The van der Waals surface area contributed by atoms with E-state index in [-0.39, 0.29) is 18.1 Å². The van der Waals surface area contributed by atoms with Crippen LogP contribution in [0.5, 0.6) is 11.5 Å². The molecule has 3 aromatic rings. The minimum atomic E-state index is -0.785. The minimum absolute atomic E-state index is 0.0250. The lowest BCUT2D eigenvalue weighted by Crippen LogP contribution is -1.96. The number of carbonyl (C=O) groups is 1. The molecule has 1 aromatic heterocycles. The van der Waals surface area contributed by atoms with Gasteiger partial charge in [-0.2, -0.15) is 0 Å². The zero-order chi connectivity index (χ0) is 19.2. The van der Waals surface area contributed by atoms with Gasteiger partial charge in [-0.05, 0) is 60.7 Å². The van der Waals surface area contributed by atoms with Crippen molar-refractivity contribution in [2.45, 2.75) is 6.61 Å². The molecular weight excluding hydrogens is 354 g/mol. The second-order valence-corrected chi connectivity index (χ2v) is 5.59. The second kappa shape index (κ2) is 8.31.